The highest BCUT2D eigenvalue weighted by atomic mass is 16.5. The number of nitrogens with zero attached hydrogens (tertiary/aromatic N) is 1. The fraction of sp³-hybridized carbons (Fsp3) is 0.250. The Balaban J connectivity index is 1.85. The molecule has 0 fully saturated rings. The van der Waals surface area contributed by atoms with Crippen molar-refractivity contribution >= 4 is 11.0 Å². The summed E-state index contributed by atoms with van der Waals surface area (Å²) in [6.07, 6.45) is 0. The molecule has 0 atom stereocenters. The highest BCUT2D eigenvalue weighted by Gasteiger charge is 2.09. The van der Waals surface area contributed by atoms with E-state index in [0.717, 1.165) is 22.5 Å². The van der Waals surface area contributed by atoms with Gasteiger partial charge in [0.15, 0.2) is 11.3 Å². The first kappa shape index (κ1) is 12.7. The molecule has 0 aliphatic rings. The molecule has 4 nitrogen and oxygen atoms in total. The van der Waals surface area contributed by atoms with Crippen LogP contribution in [0.25, 0.3) is 11.0 Å². The first-order valence-electron chi connectivity index (χ1n) is 6.63. The number of hydrogen-bond donors (Lipinski definition) is 1. The standard InChI is InChI=1S/C16H18N2O2/c1-11-7-8-12(2)18(11)17-10-14-9-13-5-4-6-15(19-3)16(13)20-14/h4-9,17H,10H2,1-3H3. The lowest BCUT2D eigenvalue weighted by molar-refractivity contribution is 0.407. The van der Waals surface area contributed by atoms with Gasteiger partial charge < -0.3 is 14.6 Å². The molecule has 0 saturated heterocycles. The van der Waals surface area contributed by atoms with Crippen molar-refractivity contribution in [1.82, 2.24) is 4.68 Å². The minimum atomic E-state index is 0.633. The number of aryl methyl sites for hydroxylation is 2. The Hall–Kier alpha value is -2.36. The van der Waals surface area contributed by atoms with Gasteiger partial charge >= 0.3 is 0 Å². The minimum absolute atomic E-state index is 0.633. The number of nitrogens with one attached hydrogen (secondary N) is 1. The molecule has 1 aromatic carbocycles. The fourth-order valence-corrected chi connectivity index (χ4v) is 2.41. The lowest BCUT2D eigenvalue weighted by atomic mass is 10.2. The first-order valence-corrected chi connectivity index (χ1v) is 6.63. The number of aromatic nitrogens is 1. The van der Waals surface area contributed by atoms with Gasteiger partial charge in [0.1, 0.15) is 5.76 Å². The lowest BCUT2D eigenvalue weighted by Crippen LogP contribution is -2.16. The van der Waals surface area contributed by atoms with E-state index in [1.54, 1.807) is 7.11 Å². The van der Waals surface area contributed by atoms with Crippen molar-refractivity contribution in [2.24, 2.45) is 0 Å². The lowest BCUT2D eigenvalue weighted by Gasteiger charge is -2.10. The maximum absolute atomic E-state index is 5.87. The Morgan fingerprint density at radius 3 is 2.60 bits per heavy atom. The molecule has 0 radical (unpaired) electrons. The van der Waals surface area contributed by atoms with Gasteiger partial charge in [-0.1, -0.05) is 12.1 Å². The van der Waals surface area contributed by atoms with Gasteiger partial charge in [-0.2, -0.15) is 0 Å². The molecule has 104 valence electrons. The highest BCUT2D eigenvalue weighted by Crippen LogP contribution is 2.28. The van der Waals surface area contributed by atoms with Crippen molar-refractivity contribution in [3.8, 4) is 5.75 Å². The van der Waals surface area contributed by atoms with Crippen LogP contribution < -0.4 is 10.2 Å². The van der Waals surface area contributed by atoms with Crippen molar-refractivity contribution < 1.29 is 9.15 Å². The van der Waals surface area contributed by atoms with E-state index in [2.05, 4.69) is 36.1 Å². The van der Waals surface area contributed by atoms with Gasteiger partial charge in [0.2, 0.25) is 0 Å². The number of para-hydroxylation sites is 1. The van der Waals surface area contributed by atoms with Crippen LogP contribution in [-0.2, 0) is 6.54 Å². The van der Waals surface area contributed by atoms with E-state index in [1.165, 1.54) is 11.4 Å². The molecule has 0 spiro atoms. The molecule has 3 aromatic rings. The molecule has 0 amide bonds. The monoisotopic (exact) mass is 270 g/mol. The summed E-state index contributed by atoms with van der Waals surface area (Å²) in [5.74, 6) is 1.65. The SMILES string of the molecule is COc1cccc2cc(CNn3c(C)ccc3C)oc12. The second-order valence-electron chi connectivity index (χ2n) is 4.88. The van der Waals surface area contributed by atoms with Crippen LogP contribution in [0.2, 0.25) is 0 Å². The number of methoxy groups -OCH3 is 1. The second-order valence-corrected chi connectivity index (χ2v) is 4.88. The topological polar surface area (TPSA) is 39.3 Å². The third kappa shape index (κ3) is 2.13. The van der Waals surface area contributed by atoms with Crippen LogP contribution >= 0.6 is 0 Å². The number of ether oxygens (including phenoxy) is 1. The molecule has 1 N–H and O–H groups in total. The molecule has 0 bridgehead atoms. The molecule has 0 aliphatic heterocycles. The largest absolute Gasteiger partial charge is 0.493 e. The molecular formula is C16H18N2O2. The van der Waals surface area contributed by atoms with Crippen LogP contribution in [0.3, 0.4) is 0 Å². The Labute approximate surface area is 117 Å². The summed E-state index contributed by atoms with van der Waals surface area (Å²) >= 11 is 0. The van der Waals surface area contributed by atoms with Crippen LogP contribution in [0.5, 0.6) is 5.75 Å². The van der Waals surface area contributed by atoms with E-state index >= 15 is 0 Å². The van der Waals surface area contributed by atoms with Gasteiger partial charge in [-0.3, -0.25) is 4.68 Å². The summed E-state index contributed by atoms with van der Waals surface area (Å²) < 4.78 is 13.2. The maximum Gasteiger partial charge on any atom is 0.176 e. The van der Waals surface area contributed by atoms with Crippen molar-refractivity contribution in [3.05, 3.63) is 53.5 Å². The van der Waals surface area contributed by atoms with Gasteiger partial charge in [-0.05, 0) is 38.1 Å². The Morgan fingerprint density at radius 2 is 1.90 bits per heavy atom. The van der Waals surface area contributed by atoms with Crippen LogP contribution in [0.4, 0.5) is 0 Å². The summed E-state index contributed by atoms with van der Waals surface area (Å²) in [6, 6.07) is 12.1. The summed E-state index contributed by atoms with van der Waals surface area (Å²) in [5.41, 5.74) is 6.51. The van der Waals surface area contributed by atoms with Gasteiger partial charge in [-0.25, -0.2) is 0 Å². The van der Waals surface area contributed by atoms with E-state index in [4.69, 9.17) is 9.15 Å². The molecule has 0 aliphatic carbocycles. The van der Waals surface area contributed by atoms with Crippen molar-refractivity contribution in [2.45, 2.75) is 20.4 Å². The summed E-state index contributed by atoms with van der Waals surface area (Å²) in [6.45, 7) is 4.78. The average Bonchev–Trinajstić information content (AvgIpc) is 3.00. The minimum Gasteiger partial charge on any atom is -0.493 e. The van der Waals surface area contributed by atoms with E-state index < -0.39 is 0 Å². The Morgan fingerprint density at radius 1 is 1.15 bits per heavy atom. The van der Waals surface area contributed by atoms with Gasteiger partial charge in [0.05, 0.1) is 13.7 Å². The molecule has 0 saturated carbocycles. The van der Waals surface area contributed by atoms with Gasteiger partial charge in [0.25, 0.3) is 0 Å². The first-order chi connectivity index (χ1) is 9.69. The molecule has 2 heterocycles. The number of hydrogen-bond acceptors (Lipinski definition) is 3. The smallest absolute Gasteiger partial charge is 0.176 e. The molecular weight excluding hydrogens is 252 g/mol. The van der Waals surface area contributed by atoms with E-state index in [1.807, 2.05) is 24.3 Å². The zero-order chi connectivity index (χ0) is 14.1. The van der Waals surface area contributed by atoms with E-state index in [9.17, 15) is 0 Å². The zero-order valence-electron chi connectivity index (χ0n) is 11.9. The van der Waals surface area contributed by atoms with Crippen molar-refractivity contribution in [1.29, 1.82) is 0 Å². The Kier molecular flexibility index (Phi) is 3.14. The van der Waals surface area contributed by atoms with Crippen LogP contribution in [0, 0.1) is 13.8 Å². The molecule has 3 rings (SSSR count). The van der Waals surface area contributed by atoms with Gasteiger partial charge in [-0.15, -0.1) is 0 Å². The average molecular weight is 270 g/mol. The summed E-state index contributed by atoms with van der Waals surface area (Å²) in [7, 11) is 1.65. The number of rotatable bonds is 4. The van der Waals surface area contributed by atoms with E-state index in [0.29, 0.717) is 6.54 Å². The van der Waals surface area contributed by atoms with Crippen LogP contribution in [0.15, 0.2) is 40.8 Å². The van der Waals surface area contributed by atoms with Crippen LogP contribution in [-0.4, -0.2) is 11.8 Å². The highest BCUT2D eigenvalue weighted by molar-refractivity contribution is 5.83. The molecule has 2 aromatic heterocycles. The quantitative estimate of drug-likeness (QED) is 0.787. The molecule has 20 heavy (non-hydrogen) atoms. The predicted octanol–water partition coefficient (Wildman–Crippen LogP) is 3.60. The zero-order valence-corrected chi connectivity index (χ0v) is 11.9. The number of fused-ring (bicyclic) bond motifs is 1. The number of benzene rings is 1. The van der Waals surface area contributed by atoms with Crippen molar-refractivity contribution in [2.75, 3.05) is 12.5 Å². The second kappa shape index (κ2) is 4.96. The maximum atomic E-state index is 5.87. The molecule has 0 unspecified atom stereocenters. The fourth-order valence-electron chi connectivity index (χ4n) is 2.41. The summed E-state index contributed by atoms with van der Waals surface area (Å²) in [5, 5.41) is 1.06. The van der Waals surface area contributed by atoms with Gasteiger partial charge in [0, 0.05) is 16.8 Å². The van der Waals surface area contributed by atoms with Crippen LogP contribution in [0.1, 0.15) is 17.1 Å². The molecule has 4 heteroatoms. The van der Waals surface area contributed by atoms with E-state index in [-0.39, 0.29) is 0 Å². The third-order valence-corrected chi connectivity index (χ3v) is 3.46. The number of furan rings is 1. The van der Waals surface area contributed by atoms with Crippen molar-refractivity contribution in [3.63, 3.8) is 0 Å². The predicted molar refractivity (Wildman–Crippen MR) is 79.7 cm³/mol. The summed E-state index contributed by atoms with van der Waals surface area (Å²) in [4.78, 5) is 0. The third-order valence-electron chi connectivity index (χ3n) is 3.46. The Bertz CT molecular complexity index is 721. The normalized spacial score (nSPS) is 10.9.